The summed E-state index contributed by atoms with van der Waals surface area (Å²) >= 11 is 0. The second kappa shape index (κ2) is 2.87. The van der Waals surface area contributed by atoms with Crippen LogP contribution in [0.5, 0.6) is 0 Å². The van der Waals surface area contributed by atoms with Gasteiger partial charge in [-0.25, -0.2) is 0 Å². The lowest BCUT2D eigenvalue weighted by molar-refractivity contribution is -0.104. The van der Waals surface area contributed by atoms with E-state index in [1.165, 1.54) is 6.08 Å². The summed E-state index contributed by atoms with van der Waals surface area (Å²) < 4.78 is 4.74. The molecule has 0 aliphatic carbocycles. The number of carbonyl (C=O) groups excluding carboxylic acids is 1. The molecule has 0 aromatic carbocycles. The van der Waals surface area contributed by atoms with E-state index in [9.17, 15) is 4.79 Å². The number of carbonyl (C=O) groups is 1. The maximum atomic E-state index is 9.78. The Kier molecular flexibility index (Phi) is 1.85. The molecule has 0 spiro atoms. The van der Waals surface area contributed by atoms with Crippen molar-refractivity contribution in [3.8, 4) is 0 Å². The molecular formula is C7H6O2. The molecule has 1 rings (SSSR count). The minimum Gasteiger partial charge on any atom is -0.472 e. The third kappa shape index (κ3) is 1.57. The van der Waals surface area contributed by atoms with Crippen LogP contribution in [0.4, 0.5) is 0 Å². The fourth-order valence-corrected chi connectivity index (χ4v) is 0.520. The summed E-state index contributed by atoms with van der Waals surface area (Å²) in [6.07, 6.45) is 6.96. The molecule has 2 heteroatoms. The van der Waals surface area contributed by atoms with E-state index < -0.39 is 0 Å². The van der Waals surface area contributed by atoms with Gasteiger partial charge in [0.1, 0.15) is 6.29 Å². The predicted molar refractivity (Wildman–Crippen MR) is 33.8 cm³/mol. The van der Waals surface area contributed by atoms with Gasteiger partial charge in [0.2, 0.25) is 0 Å². The fraction of sp³-hybridized carbons (Fsp3) is 0. The van der Waals surface area contributed by atoms with Crippen LogP contribution < -0.4 is 0 Å². The van der Waals surface area contributed by atoms with E-state index in [1.54, 1.807) is 24.7 Å². The van der Waals surface area contributed by atoms with Gasteiger partial charge < -0.3 is 4.42 Å². The van der Waals surface area contributed by atoms with Crippen molar-refractivity contribution in [2.24, 2.45) is 0 Å². The number of furan rings is 1. The summed E-state index contributed by atoms with van der Waals surface area (Å²) in [4.78, 5) is 9.78. The summed E-state index contributed by atoms with van der Waals surface area (Å²) in [5.41, 5.74) is 0.905. The Morgan fingerprint density at radius 2 is 2.44 bits per heavy atom. The largest absolute Gasteiger partial charge is 0.472 e. The minimum absolute atomic E-state index is 0.729. The predicted octanol–water partition coefficient (Wildman–Crippen LogP) is 1.49. The van der Waals surface area contributed by atoms with Crippen LogP contribution in [0.3, 0.4) is 0 Å². The monoisotopic (exact) mass is 122 g/mol. The fourth-order valence-electron chi connectivity index (χ4n) is 0.520. The normalized spacial score (nSPS) is 10.2. The molecule has 0 bridgehead atoms. The van der Waals surface area contributed by atoms with Crippen molar-refractivity contribution < 1.29 is 9.21 Å². The van der Waals surface area contributed by atoms with E-state index in [4.69, 9.17) is 4.42 Å². The Hall–Kier alpha value is -1.31. The summed E-state index contributed by atoms with van der Waals surface area (Å²) in [5, 5.41) is 0. The molecule has 46 valence electrons. The van der Waals surface area contributed by atoms with Gasteiger partial charge in [0.05, 0.1) is 12.5 Å². The Morgan fingerprint density at radius 3 is 3.00 bits per heavy atom. The van der Waals surface area contributed by atoms with Gasteiger partial charge >= 0.3 is 0 Å². The molecule has 0 saturated heterocycles. The van der Waals surface area contributed by atoms with Crippen molar-refractivity contribution in [2.45, 2.75) is 0 Å². The molecule has 0 radical (unpaired) electrons. The third-order valence-electron chi connectivity index (χ3n) is 0.910. The first-order chi connectivity index (χ1) is 4.43. The lowest BCUT2D eigenvalue weighted by atomic mass is 10.3. The Morgan fingerprint density at radius 1 is 1.56 bits per heavy atom. The number of hydrogen-bond acceptors (Lipinski definition) is 2. The van der Waals surface area contributed by atoms with Gasteiger partial charge in [-0.2, -0.15) is 0 Å². The molecule has 0 aliphatic heterocycles. The van der Waals surface area contributed by atoms with Gasteiger partial charge in [0.15, 0.2) is 0 Å². The van der Waals surface area contributed by atoms with E-state index >= 15 is 0 Å². The molecule has 0 amide bonds. The van der Waals surface area contributed by atoms with Crippen molar-refractivity contribution in [3.63, 3.8) is 0 Å². The number of allylic oxidation sites excluding steroid dienone is 1. The first-order valence-electron chi connectivity index (χ1n) is 2.57. The summed E-state index contributed by atoms with van der Waals surface area (Å²) in [7, 11) is 0. The topological polar surface area (TPSA) is 30.2 Å². The smallest absolute Gasteiger partial charge is 0.142 e. The molecule has 0 N–H and O–H groups in total. The maximum absolute atomic E-state index is 9.78. The summed E-state index contributed by atoms with van der Waals surface area (Å²) in [6.45, 7) is 0. The molecule has 1 heterocycles. The summed E-state index contributed by atoms with van der Waals surface area (Å²) in [5.74, 6) is 0. The molecule has 0 unspecified atom stereocenters. The summed E-state index contributed by atoms with van der Waals surface area (Å²) in [6, 6.07) is 1.78. The average Bonchev–Trinajstić information content (AvgIpc) is 2.34. The Labute approximate surface area is 52.8 Å². The van der Waals surface area contributed by atoms with E-state index in [0.29, 0.717) is 0 Å². The third-order valence-corrected chi connectivity index (χ3v) is 0.910. The van der Waals surface area contributed by atoms with Gasteiger partial charge in [-0.15, -0.1) is 0 Å². The van der Waals surface area contributed by atoms with Gasteiger partial charge in [-0.1, -0.05) is 0 Å². The molecule has 0 atom stereocenters. The second-order valence-electron chi connectivity index (χ2n) is 1.55. The lowest BCUT2D eigenvalue weighted by Crippen LogP contribution is -1.60. The molecule has 9 heavy (non-hydrogen) atoms. The lowest BCUT2D eigenvalue weighted by Gasteiger charge is -1.73. The van der Waals surface area contributed by atoms with Gasteiger partial charge in [0.25, 0.3) is 0 Å². The highest BCUT2D eigenvalue weighted by Gasteiger charge is 1.82. The van der Waals surface area contributed by atoms with E-state index in [-0.39, 0.29) is 0 Å². The van der Waals surface area contributed by atoms with Crippen molar-refractivity contribution in [2.75, 3.05) is 0 Å². The van der Waals surface area contributed by atoms with E-state index in [2.05, 4.69) is 0 Å². The zero-order valence-corrected chi connectivity index (χ0v) is 4.78. The standard InChI is InChI=1S/C7H6O2/c8-4-1-2-7-3-5-9-6-7/h1-6H. The first-order valence-corrected chi connectivity index (χ1v) is 2.57. The van der Waals surface area contributed by atoms with Crippen LogP contribution >= 0.6 is 0 Å². The van der Waals surface area contributed by atoms with Crippen LogP contribution in [0.2, 0.25) is 0 Å². The van der Waals surface area contributed by atoms with Gasteiger partial charge in [0, 0.05) is 5.56 Å². The zero-order valence-electron chi connectivity index (χ0n) is 4.78. The molecular weight excluding hydrogens is 116 g/mol. The Bertz CT molecular complexity index is 197. The highest BCUT2D eigenvalue weighted by Crippen LogP contribution is 2.00. The van der Waals surface area contributed by atoms with Crippen LogP contribution in [0.15, 0.2) is 29.1 Å². The van der Waals surface area contributed by atoms with Crippen LogP contribution in [-0.2, 0) is 4.79 Å². The number of hydrogen-bond donors (Lipinski definition) is 0. The van der Waals surface area contributed by atoms with Crippen LogP contribution in [0.25, 0.3) is 6.08 Å². The van der Waals surface area contributed by atoms with Gasteiger partial charge in [-0.05, 0) is 18.2 Å². The van der Waals surface area contributed by atoms with Crippen molar-refractivity contribution in [3.05, 3.63) is 30.2 Å². The Balaban J connectivity index is 2.67. The maximum Gasteiger partial charge on any atom is 0.142 e. The second-order valence-corrected chi connectivity index (χ2v) is 1.55. The molecule has 2 nitrogen and oxygen atoms in total. The molecule has 0 saturated carbocycles. The zero-order chi connectivity index (χ0) is 6.53. The SMILES string of the molecule is O=CC=Cc1ccoc1. The molecule has 0 fully saturated rings. The van der Waals surface area contributed by atoms with E-state index in [0.717, 1.165) is 11.8 Å². The number of rotatable bonds is 2. The van der Waals surface area contributed by atoms with Crippen LogP contribution in [-0.4, -0.2) is 6.29 Å². The molecule has 1 aromatic heterocycles. The van der Waals surface area contributed by atoms with Crippen molar-refractivity contribution >= 4 is 12.4 Å². The van der Waals surface area contributed by atoms with Gasteiger partial charge in [-0.3, -0.25) is 4.79 Å². The van der Waals surface area contributed by atoms with E-state index in [1.807, 2.05) is 0 Å². The van der Waals surface area contributed by atoms with Crippen LogP contribution in [0.1, 0.15) is 5.56 Å². The highest BCUT2D eigenvalue weighted by molar-refractivity contribution is 5.73. The van der Waals surface area contributed by atoms with Crippen molar-refractivity contribution in [1.82, 2.24) is 0 Å². The quantitative estimate of drug-likeness (QED) is 0.439. The first kappa shape index (κ1) is 5.82. The minimum atomic E-state index is 0.729. The highest BCUT2D eigenvalue weighted by atomic mass is 16.3. The van der Waals surface area contributed by atoms with Crippen LogP contribution in [0, 0.1) is 0 Å². The number of aldehydes is 1. The average molecular weight is 122 g/mol. The van der Waals surface area contributed by atoms with Crippen molar-refractivity contribution in [1.29, 1.82) is 0 Å². The molecule has 1 aromatic rings. The molecule has 0 aliphatic rings.